The smallest absolute Gasteiger partial charge is 0.266 e. The average molecular weight is 381 g/mol. The molecule has 0 aliphatic rings. The molecule has 0 aliphatic heterocycles. The van der Waals surface area contributed by atoms with Crippen LogP contribution in [0, 0.1) is 0 Å². The van der Waals surface area contributed by atoms with Crippen LogP contribution in [0.5, 0.6) is 0 Å². The van der Waals surface area contributed by atoms with Crippen LogP contribution >= 0.6 is 0 Å². The maximum Gasteiger partial charge on any atom is 0.296 e. The number of rotatable bonds is 14. The zero-order valence-corrected chi connectivity index (χ0v) is 18.2. The number of unbranched alkanes of at least 4 members (excludes halogenated alkanes) is 10. The zero-order chi connectivity index (χ0) is 16.8. The van der Waals surface area contributed by atoms with Crippen LogP contribution in [-0.2, 0) is 14.3 Å². The van der Waals surface area contributed by atoms with Gasteiger partial charge in [-0.25, -0.2) is 0 Å². The fourth-order valence-corrected chi connectivity index (χ4v) is 3.55. The van der Waals surface area contributed by atoms with Crippen LogP contribution in [0.15, 0.2) is 35.2 Å². The minimum Gasteiger partial charge on any atom is -0.266 e. The molecule has 2 radical (unpaired) electrons. The van der Waals surface area contributed by atoms with E-state index in [1.165, 1.54) is 57.8 Å². The van der Waals surface area contributed by atoms with Crippen molar-refractivity contribution in [1.29, 1.82) is 0 Å². The van der Waals surface area contributed by atoms with E-state index in [0.29, 0.717) is 0 Å². The van der Waals surface area contributed by atoms with Crippen molar-refractivity contribution in [1.82, 2.24) is 0 Å². The zero-order valence-electron chi connectivity index (χ0n) is 15.2. The van der Waals surface area contributed by atoms with Crippen LogP contribution in [0.25, 0.3) is 0 Å². The molecule has 3 nitrogen and oxygen atoms in total. The van der Waals surface area contributed by atoms with Gasteiger partial charge in [0.05, 0.1) is 11.5 Å². The Morgan fingerprint density at radius 2 is 1.21 bits per heavy atom. The van der Waals surface area contributed by atoms with E-state index in [9.17, 15) is 8.42 Å². The molecule has 0 bridgehead atoms. The van der Waals surface area contributed by atoms with Crippen LogP contribution in [-0.4, -0.2) is 52.8 Å². The van der Waals surface area contributed by atoms with Crippen LogP contribution < -0.4 is 0 Å². The first kappa shape index (κ1) is 24.4. The topological polar surface area (TPSA) is 43.4 Å². The molecule has 134 valence electrons. The molecule has 0 saturated carbocycles. The van der Waals surface area contributed by atoms with Crippen molar-refractivity contribution in [2.24, 2.45) is 0 Å². The molecule has 0 heterocycles. The Balaban J connectivity index is 0.00000529. The molecule has 0 unspecified atom stereocenters. The summed E-state index contributed by atoms with van der Waals surface area (Å²) in [6.07, 6.45) is 13.7. The van der Waals surface area contributed by atoms with Gasteiger partial charge in [-0.2, -0.15) is 8.42 Å². The normalized spacial score (nSPS) is 11.2. The van der Waals surface area contributed by atoms with Crippen molar-refractivity contribution >= 4 is 47.9 Å². The van der Waals surface area contributed by atoms with E-state index in [-0.39, 0.29) is 49.2 Å². The second kappa shape index (κ2) is 15.6. The fourth-order valence-electron chi connectivity index (χ4n) is 2.59. The van der Waals surface area contributed by atoms with E-state index >= 15 is 0 Å². The second-order valence-corrected chi connectivity index (χ2v) is 7.74. The summed E-state index contributed by atoms with van der Waals surface area (Å²) in [7, 11) is -3.57. The number of benzene rings is 1. The van der Waals surface area contributed by atoms with Gasteiger partial charge in [-0.15, -0.1) is 0 Å². The third kappa shape index (κ3) is 11.9. The third-order valence-corrected chi connectivity index (χ3v) is 5.34. The van der Waals surface area contributed by atoms with Crippen LogP contribution in [0.3, 0.4) is 0 Å². The Labute approximate surface area is 178 Å². The first-order valence-electron chi connectivity index (χ1n) is 9.11. The monoisotopic (exact) mass is 380 g/mol. The van der Waals surface area contributed by atoms with Gasteiger partial charge in [-0.05, 0) is 18.6 Å². The van der Waals surface area contributed by atoms with E-state index in [2.05, 4.69) is 6.92 Å². The minimum atomic E-state index is -3.57. The molecule has 0 amide bonds. The standard InChI is InChI=1S/C19H32O3S.Ca/c1-2-3-4-5-6-7-8-9-10-11-15-18-22-23(20,21)19-16-13-12-14-17-19;/h12-14,16-17H,2-11,15,18H2,1H3;. The Morgan fingerprint density at radius 1 is 0.750 bits per heavy atom. The van der Waals surface area contributed by atoms with Crippen molar-refractivity contribution in [2.75, 3.05) is 6.61 Å². The Hall–Kier alpha value is 0.390. The largest absolute Gasteiger partial charge is 0.296 e. The summed E-state index contributed by atoms with van der Waals surface area (Å²) in [5.74, 6) is 0. The maximum absolute atomic E-state index is 11.9. The fraction of sp³-hybridized carbons (Fsp3) is 0.684. The summed E-state index contributed by atoms with van der Waals surface area (Å²) in [6, 6.07) is 8.34. The molecule has 1 aromatic rings. The summed E-state index contributed by atoms with van der Waals surface area (Å²) in [5, 5.41) is 0. The van der Waals surface area contributed by atoms with Crippen LogP contribution in [0.4, 0.5) is 0 Å². The molecule has 0 spiro atoms. The van der Waals surface area contributed by atoms with Crippen LogP contribution in [0.2, 0.25) is 0 Å². The first-order valence-corrected chi connectivity index (χ1v) is 10.5. The van der Waals surface area contributed by atoms with Gasteiger partial charge in [-0.1, -0.05) is 89.3 Å². The average Bonchev–Trinajstić information content (AvgIpc) is 2.56. The summed E-state index contributed by atoms with van der Waals surface area (Å²) >= 11 is 0. The van der Waals surface area contributed by atoms with Gasteiger partial charge in [0, 0.05) is 37.7 Å². The molecule has 0 atom stereocenters. The quantitative estimate of drug-likeness (QED) is 0.249. The summed E-state index contributed by atoms with van der Waals surface area (Å²) < 4.78 is 28.9. The second-order valence-electron chi connectivity index (χ2n) is 6.12. The number of hydrogen-bond donors (Lipinski definition) is 0. The predicted octanol–water partition coefficient (Wildman–Crippen LogP) is 5.32. The molecule has 1 aromatic carbocycles. The molecule has 0 aliphatic carbocycles. The van der Waals surface area contributed by atoms with Crippen LogP contribution in [0.1, 0.15) is 77.6 Å². The summed E-state index contributed by atoms with van der Waals surface area (Å²) in [5.41, 5.74) is 0. The van der Waals surface area contributed by atoms with Crippen molar-refractivity contribution in [3.05, 3.63) is 30.3 Å². The minimum absolute atomic E-state index is 0. The van der Waals surface area contributed by atoms with Gasteiger partial charge < -0.3 is 0 Å². The summed E-state index contributed by atoms with van der Waals surface area (Å²) in [4.78, 5) is 0.239. The molecule has 0 aromatic heterocycles. The Kier molecular flexibility index (Phi) is 15.9. The molecule has 0 N–H and O–H groups in total. The van der Waals surface area contributed by atoms with Crippen molar-refractivity contribution < 1.29 is 12.6 Å². The van der Waals surface area contributed by atoms with E-state index in [4.69, 9.17) is 4.18 Å². The third-order valence-electron chi connectivity index (χ3n) is 4.02. The molecular formula is C19H32CaO3S. The van der Waals surface area contributed by atoms with E-state index in [1.54, 1.807) is 30.3 Å². The van der Waals surface area contributed by atoms with Crippen molar-refractivity contribution in [3.63, 3.8) is 0 Å². The summed E-state index contributed by atoms with van der Waals surface area (Å²) in [6.45, 7) is 2.53. The van der Waals surface area contributed by atoms with Crippen molar-refractivity contribution in [2.45, 2.75) is 82.4 Å². The predicted molar refractivity (Wildman–Crippen MR) is 102 cm³/mol. The number of hydrogen-bond acceptors (Lipinski definition) is 3. The molecule has 5 heteroatoms. The van der Waals surface area contributed by atoms with Gasteiger partial charge >= 0.3 is 0 Å². The maximum atomic E-state index is 11.9. The van der Waals surface area contributed by atoms with Gasteiger partial charge in [0.15, 0.2) is 0 Å². The first-order chi connectivity index (χ1) is 11.2. The molecule has 0 fully saturated rings. The molecule has 0 saturated heterocycles. The van der Waals surface area contributed by atoms with E-state index in [1.807, 2.05) is 0 Å². The van der Waals surface area contributed by atoms with Gasteiger partial charge in [0.1, 0.15) is 0 Å². The molecule has 24 heavy (non-hydrogen) atoms. The van der Waals surface area contributed by atoms with Gasteiger partial charge in [0.2, 0.25) is 0 Å². The van der Waals surface area contributed by atoms with Gasteiger partial charge in [-0.3, -0.25) is 4.18 Å². The Morgan fingerprint density at radius 3 is 1.71 bits per heavy atom. The van der Waals surface area contributed by atoms with E-state index in [0.717, 1.165) is 12.8 Å². The molecule has 1 rings (SSSR count). The SMILES string of the molecule is CCCCCCCCCCCCCOS(=O)(=O)c1ccccc1.[Ca]. The Bertz CT molecular complexity index is 489. The van der Waals surface area contributed by atoms with E-state index < -0.39 is 10.1 Å². The van der Waals surface area contributed by atoms with Gasteiger partial charge in [0.25, 0.3) is 10.1 Å². The molecular weight excluding hydrogens is 348 g/mol. The van der Waals surface area contributed by atoms with Crippen molar-refractivity contribution in [3.8, 4) is 0 Å².